The summed E-state index contributed by atoms with van der Waals surface area (Å²) in [6.45, 7) is 3.84. The molecule has 0 unspecified atom stereocenters. The van der Waals surface area contributed by atoms with E-state index < -0.39 is 26.0 Å². The Balaban J connectivity index is 0.000000261. The molecule has 0 spiro atoms. The first-order chi connectivity index (χ1) is 22.8. The van der Waals surface area contributed by atoms with Gasteiger partial charge in [0.25, 0.3) is 11.8 Å². The highest BCUT2D eigenvalue weighted by Gasteiger charge is 2.20. The Kier molecular flexibility index (Phi) is 15.0. The van der Waals surface area contributed by atoms with Crippen LogP contribution in [0, 0.1) is 0 Å². The van der Waals surface area contributed by atoms with Crippen molar-refractivity contribution in [1.29, 1.82) is 0 Å². The van der Waals surface area contributed by atoms with E-state index in [1.807, 2.05) is 13.8 Å². The molecule has 0 bridgehead atoms. The number of sulfonamides is 2. The number of hydrogen-bond acceptors (Lipinski definition) is 9. The average molecular weight is 776 g/mol. The molecule has 2 aromatic carbocycles. The molecule has 260 valence electrons. The number of halogens is 2. The van der Waals surface area contributed by atoms with Gasteiger partial charge in [0.2, 0.25) is 20.0 Å². The molecule has 0 atom stereocenters. The summed E-state index contributed by atoms with van der Waals surface area (Å²) < 4.78 is 58.0. The number of amides is 2. The molecule has 11 nitrogen and oxygen atoms in total. The van der Waals surface area contributed by atoms with Crippen LogP contribution in [0.4, 0.5) is 22.7 Å². The summed E-state index contributed by atoms with van der Waals surface area (Å²) in [6, 6.07) is 14.7. The van der Waals surface area contributed by atoms with Crippen LogP contribution in [0.15, 0.2) is 65.4 Å². The van der Waals surface area contributed by atoms with Crippen molar-refractivity contribution < 1.29 is 31.2 Å². The molecule has 0 saturated heterocycles. The maximum Gasteiger partial charge on any atom is 0.267 e. The van der Waals surface area contributed by atoms with Crippen LogP contribution in [-0.2, 0) is 20.0 Å². The molecule has 0 radical (unpaired) electrons. The minimum absolute atomic E-state index is 0.0223. The van der Waals surface area contributed by atoms with E-state index in [-0.39, 0.29) is 28.0 Å². The van der Waals surface area contributed by atoms with Gasteiger partial charge >= 0.3 is 0 Å². The van der Waals surface area contributed by atoms with Gasteiger partial charge < -0.3 is 15.4 Å². The highest BCUT2D eigenvalue weighted by atomic mass is 35.5. The zero-order valence-corrected chi connectivity index (χ0v) is 31.1. The van der Waals surface area contributed by atoms with E-state index in [1.165, 1.54) is 18.4 Å². The van der Waals surface area contributed by atoms with Gasteiger partial charge in [0.15, 0.2) is 0 Å². The Labute approximate surface area is 299 Å². The second-order valence-electron chi connectivity index (χ2n) is 10.1. The summed E-state index contributed by atoms with van der Waals surface area (Å²) >= 11 is 14.2. The van der Waals surface area contributed by atoms with Crippen LogP contribution >= 0.6 is 45.9 Å². The third-order valence-electron chi connectivity index (χ3n) is 6.32. The number of rotatable bonds is 15. The van der Waals surface area contributed by atoms with Crippen LogP contribution in [0.25, 0.3) is 0 Å². The highest BCUT2D eigenvalue weighted by molar-refractivity contribution is 7.93. The molecule has 0 aliphatic heterocycles. The van der Waals surface area contributed by atoms with Crippen LogP contribution < -0.4 is 24.8 Å². The van der Waals surface area contributed by atoms with Crippen molar-refractivity contribution in [1.82, 2.24) is 0 Å². The predicted octanol–water partition coefficient (Wildman–Crippen LogP) is 8.40. The molecule has 4 rings (SSSR count). The van der Waals surface area contributed by atoms with Gasteiger partial charge in [0.1, 0.15) is 15.5 Å². The number of ether oxygens (including phenoxy) is 1. The molecular formula is C31H36Cl2N4O7S4. The summed E-state index contributed by atoms with van der Waals surface area (Å²) in [5, 5.41) is 9.70. The van der Waals surface area contributed by atoms with Gasteiger partial charge in [-0.1, -0.05) is 49.9 Å². The Morgan fingerprint density at radius 3 is 1.60 bits per heavy atom. The van der Waals surface area contributed by atoms with Crippen LogP contribution in [0.3, 0.4) is 0 Å². The number of nitrogens with one attached hydrogen (secondary N) is 4. The van der Waals surface area contributed by atoms with Gasteiger partial charge in [-0.3, -0.25) is 19.0 Å². The van der Waals surface area contributed by atoms with Gasteiger partial charge in [0.05, 0.1) is 35.0 Å². The van der Waals surface area contributed by atoms with Gasteiger partial charge in [0, 0.05) is 16.4 Å². The van der Waals surface area contributed by atoms with Gasteiger partial charge in [-0.05, 0) is 78.2 Å². The number of carbonyl (C=O) groups is 2. The van der Waals surface area contributed by atoms with Crippen molar-refractivity contribution in [3.8, 4) is 5.75 Å². The fraction of sp³-hybridized carbons (Fsp3) is 0.290. The second-order valence-corrected chi connectivity index (χ2v) is 16.5. The van der Waals surface area contributed by atoms with Crippen molar-refractivity contribution in [2.45, 2.75) is 39.5 Å². The third kappa shape index (κ3) is 12.3. The molecule has 2 aromatic heterocycles. The minimum Gasteiger partial charge on any atom is -0.495 e. The standard InChI is InChI=1S/C16H19ClN2O4S2.C15H17ClN2O3S2/c1-3-4-9-25(21,22)19-13-7-8-24-15(13)16(20)18-11-5-6-14(23-2)12(17)10-11;1-2-3-10-23(20,21)18-13-8-9-22-14(13)15(19)17-12-6-4-11(16)5-7-12/h5-8,10,19H,3-4,9H2,1-2H3,(H,18,20);4-9,18H,2-3,10H2,1H3,(H,17,19). The Hall–Kier alpha value is -3.34. The van der Waals surface area contributed by atoms with Crippen LogP contribution in [0.5, 0.6) is 5.75 Å². The number of hydrogen-bond donors (Lipinski definition) is 4. The largest absolute Gasteiger partial charge is 0.495 e. The van der Waals surface area contributed by atoms with E-state index in [1.54, 1.807) is 65.4 Å². The second kappa shape index (κ2) is 18.4. The fourth-order valence-electron chi connectivity index (χ4n) is 3.89. The highest BCUT2D eigenvalue weighted by Crippen LogP contribution is 2.29. The molecule has 48 heavy (non-hydrogen) atoms. The monoisotopic (exact) mass is 774 g/mol. The summed E-state index contributed by atoms with van der Waals surface area (Å²) in [7, 11) is -5.41. The average Bonchev–Trinajstić information content (AvgIpc) is 3.69. The normalized spacial score (nSPS) is 11.2. The van der Waals surface area contributed by atoms with Crippen molar-refractivity contribution in [3.63, 3.8) is 0 Å². The lowest BCUT2D eigenvalue weighted by Gasteiger charge is -2.10. The molecule has 0 fully saturated rings. The Bertz CT molecular complexity index is 1900. The van der Waals surface area contributed by atoms with Crippen molar-refractivity contribution in [3.05, 3.63) is 85.2 Å². The maximum absolute atomic E-state index is 12.5. The lowest BCUT2D eigenvalue weighted by Crippen LogP contribution is -2.19. The lowest BCUT2D eigenvalue weighted by molar-refractivity contribution is 0.102. The van der Waals surface area contributed by atoms with Crippen LogP contribution in [-0.4, -0.2) is 47.3 Å². The maximum atomic E-state index is 12.5. The van der Waals surface area contributed by atoms with Crippen molar-refractivity contribution in [2.24, 2.45) is 0 Å². The summed E-state index contributed by atoms with van der Waals surface area (Å²) in [5.41, 5.74) is 1.66. The molecule has 2 amide bonds. The summed E-state index contributed by atoms with van der Waals surface area (Å²) in [4.78, 5) is 25.4. The zero-order valence-electron chi connectivity index (χ0n) is 26.3. The van der Waals surface area contributed by atoms with E-state index in [9.17, 15) is 26.4 Å². The number of carbonyl (C=O) groups excluding carboxylic acids is 2. The Morgan fingerprint density at radius 2 is 1.17 bits per heavy atom. The molecule has 4 aromatic rings. The first-order valence-corrected chi connectivity index (χ1v) is 20.5. The molecular weight excluding hydrogens is 740 g/mol. The van der Waals surface area contributed by atoms with Crippen molar-refractivity contribution in [2.75, 3.05) is 38.7 Å². The lowest BCUT2D eigenvalue weighted by atomic mass is 10.3. The number of methoxy groups -OCH3 is 1. The Morgan fingerprint density at radius 1 is 0.708 bits per heavy atom. The van der Waals surface area contributed by atoms with E-state index in [0.29, 0.717) is 50.6 Å². The first-order valence-electron chi connectivity index (χ1n) is 14.6. The number of anilines is 4. The molecule has 0 saturated carbocycles. The summed E-state index contributed by atoms with van der Waals surface area (Å²) in [5.74, 6) is -0.216. The van der Waals surface area contributed by atoms with E-state index in [0.717, 1.165) is 24.2 Å². The summed E-state index contributed by atoms with van der Waals surface area (Å²) in [6.07, 6.45) is 2.70. The smallest absolute Gasteiger partial charge is 0.267 e. The van der Waals surface area contributed by atoms with E-state index >= 15 is 0 Å². The molecule has 4 N–H and O–H groups in total. The van der Waals surface area contributed by atoms with E-state index in [4.69, 9.17) is 27.9 Å². The molecule has 2 heterocycles. The van der Waals surface area contributed by atoms with E-state index in [2.05, 4.69) is 20.1 Å². The SMILES string of the molecule is CCCCS(=O)(=O)Nc1ccsc1C(=O)Nc1ccc(Cl)cc1.CCCCS(=O)(=O)Nc1ccsc1C(=O)Nc1ccc(OC)c(Cl)c1. The third-order valence-corrected chi connectivity index (χ3v) is 11.4. The molecule has 0 aliphatic rings. The van der Waals surface area contributed by atoms with Gasteiger partial charge in [-0.15, -0.1) is 22.7 Å². The minimum atomic E-state index is -3.47. The van der Waals surface area contributed by atoms with Crippen molar-refractivity contribution >= 4 is 100 Å². The number of thiophene rings is 2. The fourth-order valence-corrected chi connectivity index (χ4v) is 8.44. The van der Waals surface area contributed by atoms with Gasteiger partial charge in [-0.25, -0.2) is 16.8 Å². The molecule has 0 aliphatic carbocycles. The number of unbranched alkanes of at least 4 members (excludes halogenated alkanes) is 2. The first kappa shape index (κ1) is 39.1. The van der Waals surface area contributed by atoms with Gasteiger partial charge in [-0.2, -0.15) is 0 Å². The molecule has 17 heteroatoms. The number of benzene rings is 2. The predicted molar refractivity (Wildman–Crippen MR) is 199 cm³/mol. The van der Waals surface area contributed by atoms with Crippen LogP contribution in [0.2, 0.25) is 10.0 Å². The zero-order chi connectivity index (χ0) is 35.3. The topological polar surface area (TPSA) is 160 Å². The van der Waals surface area contributed by atoms with Crippen LogP contribution in [0.1, 0.15) is 58.9 Å². The quantitative estimate of drug-likeness (QED) is 0.0944.